The molecule has 0 aliphatic rings. The Morgan fingerprint density at radius 2 is 1.48 bits per heavy atom. The summed E-state index contributed by atoms with van der Waals surface area (Å²) < 4.78 is 8.23. The van der Waals surface area contributed by atoms with Crippen molar-refractivity contribution in [3.8, 4) is 16.9 Å². The maximum Gasteiger partial charge on any atom is 0.219 e. The molecule has 0 radical (unpaired) electrons. The monoisotopic (exact) mass is 385 g/mol. The number of nitrogens with zero attached hydrogens (tertiary/aromatic N) is 2. The van der Waals surface area contributed by atoms with Crippen molar-refractivity contribution in [2.75, 3.05) is 26.1 Å². The van der Waals surface area contributed by atoms with E-state index in [2.05, 4.69) is 99.9 Å². The number of ether oxygens (including phenoxy) is 1. The zero-order valence-corrected chi connectivity index (χ0v) is 18.4. The normalized spacial score (nSPS) is 11.3. The number of hydrogen-bond donors (Lipinski definition) is 0. The minimum Gasteiger partial charge on any atom is -0.496 e. The lowest BCUT2D eigenvalue weighted by atomic mass is 9.88. The molecule has 1 aromatic heterocycles. The van der Waals surface area contributed by atoms with E-state index >= 15 is 0 Å². The molecule has 0 amide bonds. The Kier molecular flexibility index (Phi) is 4.70. The van der Waals surface area contributed by atoms with Crippen molar-refractivity contribution in [3.05, 3.63) is 65.2 Å². The number of methoxy groups -OCH3 is 1. The second-order valence-electron chi connectivity index (χ2n) is 8.16. The molecule has 0 aliphatic heterocycles. The van der Waals surface area contributed by atoms with Gasteiger partial charge in [-0.15, -0.1) is 0 Å². The van der Waals surface area contributed by atoms with Gasteiger partial charge in [0.1, 0.15) is 12.8 Å². The van der Waals surface area contributed by atoms with Crippen molar-refractivity contribution < 1.29 is 9.30 Å². The molecular formula is C26H29N2O+. The standard InChI is InChI=1S/C26H29N2O/c1-16-12-17(2)24(18(3)13-16)25-20-10-8-9-11-21(20)28(6)22-14-19(27(4)5)15-23(29-7)26(22)25/h8-15H,1-7H3/q+1. The van der Waals surface area contributed by atoms with Crippen LogP contribution >= 0.6 is 0 Å². The highest BCUT2D eigenvalue weighted by Gasteiger charge is 2.25. The van der Waals surface area contributed by atoms with Crippen molar-refractivity contribution in [3.63, 3.8) is 0 Å². The van der Waals surface area contributed by atoms with E-state index in [9.17, 15) is 0 Å². The molecule has 0 N–H and O–H groups in total. The summed E-state index contributed by atoms with van der Waals surface area (Å²) in [5.74, 6) is 0.905. The van der Waals surface area contributed by atoms with E-state index in [0.29, 0.717) is 0 Å². The number of anilines is 1. The average Bonchev–Trinajstić information content (AvgIpc) is 2.68. The largest absolute Gasteiger partial charge is 0.496 e. The summed E-state index contributed by atoms with van der Waals surface area (Å²) in [6, 6.07) is 17.6. The highest BCUT2D eigenvalue weighted by Crippen LogP contribution is 2.43. The maximum absolute atomic E-state index is 5.95. The Morgan fingerprint density at radius 1 is 0.828 bits per heavy atom. The molecule has 148 valence electrons. The zero-order chi connectivity index (χ0) is 20.9. The van der Waals surface area contributed by atoms with Gasteiger partial charge in [0, 0.05) is 43.5 Å². The number of pyridine rings is 1. The van der Waals surface area contributed by atoms with E-state index in [1.165, 1.54) is 44.2 Å². The number of hydrogen-bond acceptors (Lipinski definition) is 2. The zero-order valence-electron chi connectivity index (χ0n) is 18.4. The second-order valence-corrected chi connectivity index (χ2v) is 8.16. The summed E-state index contributed by atoms with van der Waals surface area (Å²) in [6.45, 7) is 6.59. The number of benzene rings is 3. The summed E-state index contributed by atoms with van der Waals surface area (Å²) in [4.78, 5) is 2.12. The van der Waals surface area contributed by atoms with Crippen LogP contribution in [0, 0.1) is 20.8 Å². The van der Waals surface area contributed by atoms with Crippen molar-refractivity contribution in [1.29, 1.82) is 0 Å². The molecule has 0 saturated carbocycles. The van der Waals surface area contributed by atoms with Crippen LogP contribution in [0.4, 0.5) is 5.69 Å². The Labute approximate surface area is 173 Å². The molecule has 29 heavy (non-hydrogen) atoms. The van der Waals surface area contributed by atoms with Crippen LogP contribution in [0.15, 0.2) is 48.5 Å². The summed E-state index contributed by atoms with van der Waals surface area (Å²) >= 11 is 0. The molecule has 0 unspecified atom stereocenters. The number of fused-ring (bicyclic) bond motifs is 2. The predicted octanol–water partition coefficient (Wildman–Crippen LogP) is 5.48. The van der Waals surface area contributed by atoms with Gasteiger partial charge in [0.15, 0.2) is 0 Å². The van der Waals surface area contributed by atoms with Crippen LogP contribution < -0.4 is 14.2 Å². The number of aromatic nitrogens is 1. The van der Waals surface area contributed by atoms with E-state index in [1.54, 1.807) is 7.11 Å². The summed E-state index contributed by atoms with van der Waals surface area (Å²) in [5.41, 5.74) is 9.94. The molecule has 3 aromatic carbocycles. The van der Waals surface area contributed by atoms with E-state index < -0.39 is 0 Å². The van der Waals surface area contributed by atoms with Gasteiger partial charge in [-0.3, -0.25) is 0 Å². The molecule has 0 aliphatic carbocycles. The van der Waals surface area contributed by atoms with E-state index in [4.69, 9.17) is 4.74 Å². The van der Waals surface area contributed by atoms with Gasteiger partial charge in [0.05, 0.1) is 17.9 Å². The van der Waals surface area contributed by atoms with Gasteiger partial charge in [-0.2, -0.15) is 4.57 Å². The van der Waals surface area contributed by atoms with Crippen molar-refractivity contribution >= 4 is 27.5 Å². The predicted molar refractivity (Wildman–Crippen MR) is 123 cm³/mol. The molecule has 0 spiro atoms. The fraction of sp³-hybridized carbons (Fsp3) is 0.269. The summed E-state index contributed by atoms with van der Waals surface area (Å²) in [7, 11) is 8.04. The minimum atomic E-state index is 0.905. The van der Waals surface area contributed by atoms with Crippen LogP contribution in [-0.4, -0.2) is 21.2 Å². The molecule has 1 heterocycles. The van der Waals surface area contributed by atoms with E-state index in [0.717, 1.165) is 16.8 Å². The van der Waals surface area contributed by atoms with Crippen molar-refractivity contribution in [2.24, 2.45) is 7.05 Å². The lowest BCUT2D eigenvalue weighted by molar-refractivity contribution is -0.617. The Hall–Kier alpha value is -3.07. The SMILES string of the molecule is COc1cc(N(C)C)cc2c1c(-c1c(C)cc(C)cc1C)c1ccccc1[n+]2C. The third-order valence-electron chi connectivity index (χ3n) is 5.88. The lowest BCUT2D eigenvalue weighted by Crippen LogP contribution is -2.31. The van der Waals surface area contributed by atoms with Crippen molar-refractivity contribution in [2.45, 2.75) is 20.8 Å². The van der Waals surface area contributed by atoms with Crippen LogP contribution in [0.25, 0.3) is 32.9 Å². The number of para-hydroxylation sites is 1. The first-order valence-corrected chi connectivity index (χ1v) is 10.0. The first-order valence-electron chi connectivity index (χ1n) is 10.0. The Bertz CT molecular complexity index is 1230. The molecule has 0 fully saturated rings. The molecule has 3 nitrogen and oxygen atoms in total. The van der Waals surface area contributed by atoms with E-state index in [1.807, 2.05) is 0 Å². The smallest absolute Gasteiger partial charge is 0.219 e. The molecule has 0 atom stereocenters. The second kappa shape index (κ2) is 7.07. The third kappa shape index (κ3) is 3.02. The van der Waals surface area contributed by atoms with Gasteiger partial charge in [0.2, 0.25) is 11.0 Å². The van der Waals surface area contributed by atoms with Crippen LogP contribution in [0.2, 0.25) is 0 Å². The number of rotatable bonds is 3. The first kappa shape index (κ1) is 19.3. The van der Waals surface area contributed by atoms with Gasteiger partial charge in [-0.1, -0.05) is 29.8 Å². The molecule has 0 saturated heterocycles. The number of aryl methyl sites for hydroxylation is 4. The molecule has 3 heteroatoms. The van der Waals surface area contributed by atoms with Gasteiger partial charge >= 0.3 is 0 Å². The fourth-order valence-electron chi connectivity index (χ4n) is 4.60. The van der Waals surface area contributed by atoms with Gasteiger partial charge in [-0.05, 0) is 43.5 Å². The highest BCUT2D eigenvalue weighted by atomic mass is 16.5. The van der Waals surface area contributed by atoms with Crippen LogP contribution in [0.5, 0.6) is 5.75 Å². The maximum atomic E-state index is 5.95. The Morgan fingerprint density at radius 3 is 2.10 bits per heavy atom. The van der Waals surface area contributed by atoms with Gasteiger partial charge in [-0.25, -0.2) is 0 Å². The minimum absolute atomic E-state index is 0.905. The third-order valence-corrected chi connectivity index (χ3v) is 5.88. The summed E-state index contributed by atoms with van der Waals surface area (Å²) in [5, 5.41) is 2.41. The van der Waals surface area contributed by atoms with Crippen LogP contribution in [0.3, 0.4) is 0 Å². The quantitative estimate of drug-likeness (QED) is 0.343. The van der Waals surface area contributed by atoms with E-state index in [-0.39, 0.29) is 0 Å². The average molecular weight is 386 g/mol. The Balaban J connectivity index is 2.31. The molecule has 4 rings (SSSR count). The highest BCUT2D eigenvalue weighted by molar-refractivity contribution is 6.11. The van der Waals surface area contributed by atoms with Crippen molar-refractivity contribution in [1.82, 2.24) is 0 Å². The fourth-order valence-corrected chi connectivity index (χ4v) is 4.60. The van der Waals surface area contributed by atoms with Crippen LogP contribution in [-0.2, 0) is 7.05 Å². The van der Waals surface area contributed by atoms with Gasteiger partial charge < -0.3 is 9.64 Å². The molecular weight excluding hydrogens is 356 g/mol. The molecule has 4 aromatic rings. The topological polar surface area (TPSA) is 16.4 Å². The first-order chi connectivity index (χ1) is 13.8. The summed E-state index contributed by atoms with van der Waals surface area (Å²) in [6.07, 6.45) is 0. The molecule has 0 bridgehead atoms. The van der Waals surface area contributed by atoms with Crippen LogP contribution in [0.1, 0.15) is 16.7 Å². The van der Waals surface area contributed by atoms with Gasteiger partial charge in [0.25, 0.3) is 0 Å². The lowest BCUT2D eigenvalue weighted by Gasteiger charge is -2.20.